The molecule has 2 rings (SSSR count). The molecule has 0 saturated carbocycles. The quantitative estimate of drug-likeness (QED) is 0.739. The highest BCUT2D eigenvalue weighted by Gasteiger charge is 2.31. The number of aromatic nitrogens is 1. The van der Waals surface area contributed by atoms with Gasteiger partial charge in [0, 0.05) is 36.4 Å². The lowest BCUT2D eigenvalue weighted by Crippen LogP contribution is -2.46. The summed E-state index contributed by atoms with van der Waals surface area (Å²) in [7, 11) is 1.65. The van der Waals surface area contributed by atoms with Gasteiger partial charge in [0.15, 0.2) is 0 Å². The van der Waals surface area contributed by atoms with Gasteiger partial charge in [0.25, 0.3) is 0 Å². The van der Waals surface area contributed by atoms with E-state index in [0.29, 0.717) is 26.3 Å². The van der Waals surface area contributed by atoms with Gasteiger partial charge < -0.3 is 14.4 Å². The molecule has 1 fully saturated rings. The van der Waals surface area contributed by atoms with Gasteiger partial charge in [-0.15, -0.1) is 0 Å². The first-order valence-electron chi connectivity index (χ1n) is 7.93. The number of hydrogen-bond donors (Lipinski definition) is 0. The summed E-state index contributed by atoms with van der Waals surface area (Å²) in [4.78, 5) is 18.8. The highest BCUT2D eigenvalue weighted by molar-refractivity contribution is 9.10. The zero-order valence-corrected chi connectivity index (χ0v) is 16.1. The van der Waals surface area contributed by atoms with Crippen molar-refractivity contribution >= 4 is 21.8 Å². The lowest BCUT2D eigenvalue weighted by Gasteiger charge is -2.31. The number of carbonyl (C=O) groups excluding carboxylic acids is 1. The Hall–Kier alpha value is -1.42. The van der Waals surface area contributed by atoms with Crippen LogP contribution in [0.1, 0.15) is 38.1 Å². The Kier molecular flexibility index (Phi) is 6.39. The summed E-state index contributed by atoms with van der Waals surface area (Å²) < 4.78 is 11.4. The molecule has 1 aromatic rings. The predicted octanol–water partition coefficient (Wildman–Crippen LogP) is 2.79. The number of amides is 1. The van der Waals surface area contributed by atoms with Crippen molar-refractivity contribution in [3.63, 3.8) is 0 Å². The van der Waals surface area contributed by atoms with Crippen molar-refractivity contribution in [1.82, 2.24) is 9.88 Å². The number of ether oxygens (including phenoxy) is 2. The number of carbonyl (C=O) groups is 1. The van der Waals surface area contributed by atoms with Gasteiger partial charge >= 0.3 is 0 Å². The molecule has 0 aliphatic carbocycles. The maximum Gasteiger partial charge on any atom is 0.240 e. The van der Waals surface area contributed by atoms with E-state index in [2.05, 4.69) is 32.8 Å². The minimum Gasteiger partial charge on any atom is -0.378 e. The van der Waals surface area contributed by atoms with E-state index in [-0.39, 0.29) is 12.0 Å². The van der Waals surface area contributed by atoms with Gasteiger partial charge in [0.2, 0.25) is 5.91 Å². The number of morpholine rings is 1. The van der Waals surface area contributed by atoms with Crippen LogP contribution in [0.15, 0.2) is 16.7 Å². The van der Waals surface area contributed by atoms with Crippen molar-refractivity contribution in [1.29, 1.82) is 0 Å². The van der Waals surface area contributed by atoms with Crippen LogP contribution in [0.3, 0.4) is 0 Å². The van der Waals surface area contributed by atoms with Gasteiger partial charge in [-0.1, -0.05) is 11.8 Å². The average molecular weight is 395 g/mol. The lowest BCUT2D eigenvalue weighted by atomic mass is 9.91. The number of rotatable bonds is 3. The van der Waals surface area contributed by atoms with Crippen LogP contribution in [0.5, 0.6) is 0 Å². The Morgan fingerprint density at radius 3 is 2.71 bits per heavy atom. The van der Waals surface area contributed by atoms with E-state index in [9.17, 15) is 4.79 Å². The molecular formula is C18H23BrN2O3. The second kappa shape index (κ2) is 8.11. The number of methoxy groups -OCH3 is 1. The zero-order valence-electron chi connectivity index (χ0n) is 14.6. The molecule has 24 heavy (non-hydrogen) atoms. The summed E-state index contributed by atoms with van der Waals surface area (Å²) in [6, 6.07) is 1.90. The van der Waals surface area contributed by atoms with Gasteiger partial charge in [0.1, 0.15) is 5.41 Å². The molecule has 0 bridgehead atoms. The standard InChI is InChI=1S/C18H23BrN2O3/c1-13(23-4)16-15(19)11-14(12-20-16)5-6-18(2,3)17(22)21-7-9-24-10-8-21/h11-13H,7-10H2,1-4H3/t13-/m0/s1. The summed E-state index contributed by atoms with van der Waals surface area (Å²) in [5, 5.41) is 0. The van der Waals surface area contributed by atoms with E-state index in [1.165, 1.54) is 0 Å². The number of nitrogens with zero attached hydrogens (tertiary/aromatic N) is 2. The lowest BCUT2D eigenvalue weighted by molar-refractivity contribution is -0.141. The van der Waals surface area contributed by atoms with Crippen molar-refractivity contribution in [3.05, 3.63) is 28.0 Å². The van der Waals surface area contributed by atoms with Crippen molar-refractivity contribution in [3.8, 4) is 11.8 Å². The summed E-state index contributed by atoms with van der Waals surface area (Å²) >= 11 is 3.50. The van der Waals surface area contributed by atoms with Crippen molar-refractivity contribution in [2.24, 2.45) is 5.41 Å². The third kappa shape index (κ3) is 4.56. The smallest absolute Gasteiger partial charge is 0.240 e. The fourth-order valence-corrected chi connectivity index (χ4v) is 3.04. The Bertz CT molecular complexity index is 658. The van der Waals surface area contributed by atoms with E-state index < -0.39 is 5.41 Å². The Labute approximate surface area is 151 Å². The highest BCUT2D eigenvalue weighted by atomic mass is 79.9. The minimum atomic E-state index is -0.748. The van der Waals surface area contributed by atoms with E-state index in [1.54, 1.807) is 13.3 Å². The molecule has 1 atom stereocenters. The molecule has 1 saturated heterocycles. The molecule has 0 unspecified atom stereocenters. The molecule has 1 aliphatic rings. The zero-order chi connectivity index (χ0) is 17.7. The molecule has 5 nitrogen and oxygen atoms in total. The maximum absolute atomic E-state index is 12.6. The topological polar surface area (TPSA) is 51.7 Å². The van der Waals surface area contributed by atoms with Gasteiger partial charge in [-0.25, -0.2) is 0 Å². The van der Waals surface area contributed by atoms with Crippen LogP contribution < -0.4 is 0 Å². The normalized spacial score (nSPS) is 16.3. The first kappa shape index (κ1) is 18.9. The molecule has 1 aromatic heterocycles. The molecule has 0 aromatic carbocycles. The third-order valence-electron chi connectivity index (χ3n) is 3.96. The van der Waals surface area contributed by atoms with E-state index in [0.717, 1.165) is 15.7 Å². The SMILES string of the molecule is CO[C@@H](C)c1ncc(C#CC(C)(C)C(=O)N2CCOCC2)cc1Br. The molecule has 0 radical (unpaired) electrons. The van der Waals surface area contributed by atoms with Crippen LogP contribution in [0.25, 0.3) is 0 Å². The van der Waals surface area contributed by atoms with Crippen LogP contribution in [-0.4, -0.2) is 49.2 Å². The molecule has 6 heteroatoms. The molecule has 1 aliphatic heterocycles. The summed E-state index contributed by atoms with van der Waals surface area (Å²) in [5.74, 6) is 6.19. The van der Waals surface area contributed by atoms with E-state index in [1.807, 2.05) is 31.7 Å². The summed E-state index contributed by atoms with van der Waals surface area (Å²) in [5.41, 5.74) is 0.839. The predicted molar refractivity (Wildman–Crippen MR) is 95.4 cm³/mol. The van der Waals surface area contributed by atoms with Crippen LogP contribution in [0.2, 0.25) is 0 Å². The first-order chi connectivity index (χ1) is 11.3. The van der Waals surface area contributed by atoms with E-state index >= 15 is 0 Å². The van der Waals surface area contributed by atoms with Crippen molar-refractivity contribution < 1.29 is 14.3 Å². The van der Waals surface area contributed by atoms with Crippen molar-refractivity contribution in [2.75, 3.05) is 33.4 Å². The molecule has 2 heterocycles. The fraction of sp³-hybridized carbons (Fsp3) is 0.556. The monoisotopic (exact) mass is 394 g/mol. The molecule has 0 spiro atoms. The van der Waals surface area contributed by atoms with Crippen molar-refractivity contribution in [2.45, 2.75) is 26.9 Å². The first-order valence-corrected chi connectivity index (χ1v) is 8.73. The van der Waals surface area contributed by atoms with Crippen LogP contribution in [0, 0.1) is 17.3 Å². The highest BCUT2D eigenvalue weighted by Crippen LogP contribution is 2.24. The summed E-state index contributed by atoms with van der Waals surface area (Å²) in [6.07, 6.45) is 1.61. The van der Waals surface area contributed by atoms with Crippen LogP contribution in [-0.2, 0) is 14.3 Å². The van der Waals surface area contributed by atoms with Gasteiger partial charge in [-0.05, 0) is 42.8 Å². The maximum atomic E-state index is 12.6. The van der Waals surface area contributed by atoms with Gasteiger partial charge in [0.05, 0.1) is 25.0 Å². The molecule has 130 valence electrons. The van der Waals surface area contributed by atoms with Crippen LogP contribution in [0.4, 0.5) is 0 Å². The number of halogens is 1. The molecule has 1 amide bonds. The molecular weight excluding hydrogens is 372 g/mol. The molecule has 0 N–H and O–H groups in total. The number of hydrogen-bond acceptors (Lipinski definition) is 4. The van der Waals surface area contributed by atoms with Crippen LogP contribution >= 0.6 is 15.9 Å². The third-order valence-corrected chi connectivity index (χ3v) is 4.60. The fourth-order valence-electron chi connectivity index (χ4n) is 2.37. The number of pyridine rings is 1. The van der Waals surface area contributed by atoms with Gasteiger partial charge in [-0.2, -0.15) is 0 Å². The second-order valence-electron chi connectivity index (χ2n) is 6.25. The Morgan fingerprint density at radius 1 is 1.46 bits per heavy atom. The average Bonchev–Trinajstić information content (AvgIpc) is 2.59. The largest absolute Gasteiger partial charge is 0.378 e. The summed E-state index contributed by atoms with van der Waals surface area (Å²) in [6.45, 7) is 8.06. The second-order valence-corrected chi connectivity index (χ2v) is 7.10. The van der Waals surface area contributed by atoms with E-state index in [4.69, 9.17) is 9.47 Å². The Balaban J connectivity index is 2.15. The minimum absolute atomic E-state index is 0.0370. The Morgan fingerprint density at radius 2 is 2.12 bits per heavy atom. The van der Waals surface area contributed by atoms with Gasteiger partial charge in [-0.3, -0.25) is 9.78 Å².